The lowest BCUT2D eigenvalue weighted by Crippen LogP contribution is -2.57. The van der Waals surface area contributed by atoms with Gasteiger partial charge in [0.05, 0.1) is 6.10 Å². The Bertz CT molecular complexity index is 130. The Morgan fingerprint density at radius 2 is 2.00 bits per heavy atom. The maximum Gasteiger partial charge on any atom is 0.0601 e. The summed E-state index contributed by atoms with van der Waals surface area (Å²) in [4.78, 5) is 2.61. The molecule has 2 aliphatic rings. The highest BCUT2D eigenvalue weighted by atomic mass is 16.5. The van der Waals surface area contributed by atoms with E-state index in [-0.39, 0.29) is 0 Å². The summed E-state index contributed by atoms with van der Waals surface area (Å²) in [5, 5.41) is 0. The molecule has 0 aromatic heterocycles. The Kier molecular flexibility index (Phi) is 2.37. The number of hydrogen-bond acceptors (Lipinski definition) is 2. The first-order valence-electron chi connectivity index (χ1n) is 5.10. The molecule has 1 heterocycles. The minimum atomic E-state index is 0.565. The van der Waals surface area contributed by atoms with Crippen LogP contribution in [0, 0.1) is 5.92 Å². The molecule has 1 saturated heterocycles. The van der Waals surface area contributed by atoms with Crippen LogP contribution in [0.5, 0.6) is 0 Å². The molecule has 0 unspecified atom stereocenters. The number of likely N-dealkylation sites (tertiary alicyclic amines) is 1. The minimum absolute atomic E-state index is 0.565. The monoisotopic (exact) mass is 169 g/mol. The van der Waals surface area contributed by atoms with E-state index in [0.29, 0.717) is 6.10 Å². The Morgan fingerprint density at radius 3 is 2.50 bits per heavy atom. The molecule has 0 aromatic carbocycles. The Labute approximate surface area is 74.9 Å². The van der Waals surface area contributed by atoms with Gasteiger partial charge in [0.15, 0.2) is 0 Å². The molecule has 0 N–H and O–H groups in total. The van der Waals surface area contributed by atoms with Gasteiger partial charge in [-0.05, 0) is 18.8 Å². The zero-order valence-electron chi connectivity index (χ0n) is 8.12. The second kappa shape index (κ2) is 3.35. The molecule has 2 heteroatoms. The van der Waals surface area contributed by atoms with E-state index < -0.39 is 0 Å². The molecule has 2 fully saturated rings. The van der Waals surface area contributed by atoms with E-state index in [9.17, 15) is 0 Å². The van der Waals surface area contributed by atoms with Gasteiger partial charge >= 0.3 is 0 Å². The average Bonchev–Trinajstić information content (AvgIpc) is 1.91. The summed E-state index contributed by atoms with van der Waals surface area (Å²) in [6.07, 6.45) is 4.47. The van der Waals surface area contributed by atoms with Crippen molar-refractivity contribution in [2.45, 2.75) is 38.3 Å². The van der Waals surface area contributed by atoms with Crippen molar-refractivity contribution in [1.82, 2.24) is 4.90 Å². The number of methoxy groups -OCH3 is 1. The standard InChI is InChI=1S/C10H19NO/c1-3-8-6-11(7-8)9-4-10(5-9)12-2/h8-10H,3-7H2,1-2H3. The quantitative estimate of drug-likeness (QED) is 0.635. The number of hydrogen-bond donors (Lipinski definition) is 0. The summed E-state index contributed by atoms with van der Waals surface area (Å²) >= 11 is 0. The molecule has 0 aromatic rings. The average molecular weight is 169 g/mol. The number of ether oxygens (including phenoxy) is 1. The lowest BCUT2D eigenvalue weighted by molar-refractivity contribution is -0.0647. The highest BCUT2D eigenvalue weighted by Gasteiger charge is 2.38. The predicted octanol–water partition coefficient (Wildman–Crippen LogP) is 1.51. The van der Waals surface area contributed by atoms with Gasteiger partial charge in [-0.3, -0.25) is 4.90 Å². The third kappa shape index (κ3) is 1.38. The zero-order valence-corrected chi connectivity index (χ0v) is 8.12. The lowest BCUT2D eigenvalue weighted by atomic mass is 9.83. The van der Waals surface area contributed by atoms with E-state index in [1.165, 1.54) is 32.4 Å². The molecule has 70 valence electrons. The van der Waals surface area contributed by atoms with Crippen molar-refractivity contribution < 1.29 is 4.74 Å². The molecule has 1 aliphatic heterocycles. The largest absolute Gasteiger partial charge is 0.381 e. The molecule has 0 amide bonds. The SMILES string of the molecule is CCC1CN(C2CC(OC)C2)C1. The van der Waals surface area contributed by atoms with Crippen LogP contribution in [0.1, 0.15) is 26.2 Å². The normalized spacial score (nSPS) is 37.5. The van der Waals surface area contributed by atoms with Crippen molar-refractivity contribution >= 4 is 0 Å². The maximum atomic E-state index is 5.26. The molecule has 2 nitrogen and oxygen atoms in total. The van der Waals surface area contributed by atoms with Gasteiger partial charge in [-0.15, -0.1) is 0 Å². The third-order valence-corrected chi connectivity index (χ3v) is 3.48. The van der Waals surface area contributed by atoms with E-state index in [1.807, 2.05) is 7.11 Å². The predicted molar refractivity (Wildman–Crippen MR) is 49.2 cm³/mol. The topological polar surface area (TPSA) is 12.5 Å². The molecular formula is C10H19NO. The van der Waals surface area contributed by atoms with Gasteiger partial charge in [0.2, 0.25) is 0 Å². The van der Waals surface area contributed by atoms with Crippen LogP contribution >= 0.6 is 0 Å². The van der Waals surface area contributed by atoms with E-state index in [0.717, 1.165) is 12.0 Å². The van der Waals surface area contributed by atoms with E-state index in [2.05, 4.69) is 11.8 Å². The van der Waals surface area contributed by atoms with Crippen LogP contribution in [0.3, 0.4) is 0 Å². The smallest absolute Gasteiger partial charge is 0.0601 e. The highest BCUT2D eigenvalue weighted by molar-refractivity contribution is 4.93. The number of nitrogens with zero attached hydrogens (tertiary/aromatic N) is 1. The van der Waals surface area contributed by atoms with Crippen molar-refractivity contribution in [2.24, 2.45) is 5.92 Å². The zero-order chi connectivity index (χ0) is 8.55. The summed E-state index contributed by atoms with van der Waals surface area (Å²) in [7, 11) is 1.83. The van der Waals surface area contributed by atoms with Crippen LogP contribution in [0.15, 0.2) is 0 Å². The maximum absolute atomic E-state index is 5.26. The van der Waals surface area contributed by atoms with Crippen LogP contribution in [0.4, 0.5) is 0 Å². The van der Waals surface area contributed by atoms with Gasteiger partial charge in [0, 0.05) is 26.2 Å². The molecule has 12 heavy (non-hydrogen) atoms. The van der Waals surface area contributed by atoms with Gasteiger partial charge in [0.1, 0.15) is 0 Å². The summed E-state index contributed by atoms with van der Waals surface area (Å²) in [5.74, 6) is 0.992. The Balaban J connectivity index is 1.64. The Hall–Kier alpha value is -0.0800. The summed E-state index contributed by atoms with van der Waals surface area (Å²) < 4.78 is 5.26. The molecule has 0 atom stereocenters. The first-order valence-corrected chi connectivity index (χ1v) is 5.10. The molecule has 1 aliphatic carbocycles. The van der Waals surface area contributed by atoms with Crippen LogP contribution in [-0.2, 0) is 4.74 Å². The van der Waals surface area contributed by atoms with Gasteiger partial charge in [-0.2, -0.15) is 0 Å². The summed E-state index contributed by atoms with van der Waals surface area (Å²) in [6, 6.07) is 0.859. The fourth-order valence-corrected chi connectivity index (χ4v) is 2.19. The third-order valence-electron chi connectivity index (χ3n) is 3.48. The molecule has 0 spiro atoms. The van der Waals surface area contributed by atoms with Crippen LogP contribution < -0.4 is 0 Å². The second-order valence-corrected chi connectivity index (χ2v) is 4.21. The molecular weight excluding hydrogens is 150 g/mol. The fourth-order valence-electron chi connectivity index (χ4n) is 2.19. The molecule has 1 saturated carbocycles. The summed E-state index contributed by atoms with van der Waals surface area (Å²) in [6.45, 7) is 4.98. The lowest BCUT2D eigenvalue weighted by Gasteiger charge is -2.50. The van der Waals surface area contributed by atoms with Crippen molar-refractivity contribution in [1.29, 1.82) is 0 Å². The molecule has 0 radical (unpaired) electrons. The van der Waals surface area contributed by atoms with Crippen molar-refractivity contribution in [2.75, 3.05) is 20.2 Å². The first kappa shape index (κ1) is 8.52. The summed E-state index contributed by atoms with van der Waals surface area (Å²) in [5.41, 5.74) is 0. The van der Waals surface area contributed by atoms with Gasteiger partial charge in [-0.1, -0.05) is 13.3 Å². The van der Waals surface area contributed by atoms with E-state index >= 15 is 0 Å². The van der Waals surface area contributed by atoms with Crippen LogP contribution in [-0.4, -0.2) is 37.2 Å². The van der Waals surface area contributed by atoms with Crippen molar-refractivity contribution in [3.63, 3.8) is 0 Å². The van der Waals surface area contributed by atoms with E-state index in [4.69, 9.17) is 4.74 Å². The van der Waals surface area contributed by atoms with Crippen LogP contribution in [0.2, 0.25) is 0 Å². The van der Waals surface area contributed by atoms with E-state index in [1.54, 1.807) is 0 Å². The highest BCUT2D eigenvalue weighted by Crippen LogP contribution is 2.33. The fraction of sp³-hybridized carbons (Fsp3) is 1.00. The van der Waals surface area contributed by atoms with Crippen molar-refractivity contribution in [3.8, 4) is 0 Å². The van der Waals surface area contributed by atoms with Gasteiger partial charge in [-0.25, -0.2) is 0 Å². The molecule has 0 bridgehead atoms. The second-order valence-electron chi connectivity index (χ2n) is 4.21. The first-order chi connectivity index (χ1) is 5.83. The number of rotatable bonds is 3. The van der Waals surface area contributed by atoms with Gasteiger partial charge < -0.3 is 4.74 Å². The van der Waals surface area contributed by atoms with Crippen molar-refractivity contribution in [3.05, 3.63) is 0 Å². The van der Waals surface area contributed by atoms with Crippen LogP contribution in [0.25, 0.3) is 0 Å². The Morgan fingerprint density at radius 1 is 1.33 bits per heavy atom. The molecule has 2 rings (SSSR count). The minimum Gasteiger partial charge on any atom is -0.381 e. The van der Waals surface area contributed by atoms with Gasteiger partial charge in [0.25, 0.3) is 0 Å².